The molecule has 2 atom stereocenters. The lowest BCUT2D eigenvalue weighted by molar-refractivity contribution is -0.144. The zero-order valence-corrected chi connectivity index (χ0v) is 13.0. The third-order valence-corrected chi connectivity index (χ3v) is 4.63. The second-order valence-electron chi connectivity index (χ2n) is 5.64. The van der Waals surface area contributed by atoms with Crippen molar-refractivity contribution >= 4 is 29.5 Å². The molecule has 2 N–H and O–H groups in total. The van der Waals surface area contributed by atoms with Crippen molar-refractivity contribution in [2.45, 2.75) is 44.2 Å². The molecular formula is C14H22N2O4S. The number of hydrogen-bond donors (Lipinski definition) is 2. The third kappa shape index (κ3) is 4.12. The van der Waals surface area contributed by atoms with Gasteiger partial charge in [0, 0.05) is 12.5 Å². The van der Waals surface area contributed by atoms with Crippen LogP contribution in [0.15, 0.2) is 0 Å². The van der Waals surface area contributed by atoms with E-state index < -0.39 is 18.1 Å². The van der Waals surface area contributed by atoms with Crippen molar-refractivity contribution in [1.29, 1.82) is 0 Å². The van der Waals surface area contributed by atoms with Crippen molar-refractivity contribution in [2.75, 3.05) is 18.6 Å². The first-order chi connectivity index (χ1) is 10.0. The maximum atomic E-state index is 12.3. The molecule has 2 aliphatic rings. The Hall–Kier alpha value is -1.24. The van der Waals surface area contributed by atoms with Gasteiger partial charge in [-0.15, -0.1) is 0 Å². The van der Waals surface area contributed by atoms with E-state index in [4.69, 9.17) is 5.11 Å². The Morgan fingerprint density at radius 2 is 2.05 bits per heavy atom. The van der Waals surface area contributed by atoms with Crippen molar-refractivity contribution in [3.63, 3.8) is 0 Å². The van der Waals surface area contributed by atoms with E-state index in [0.717, 1.165) is 19.3 Å². The van der Waals surface area contributed by atoms with Crippen LogP contribution in [0.1, 0.15) is 32.1 Å². The largest absolute Gasteiger partial charge is 0.480 e. The smallest absolute Gasteiger partial charge is 0.326 e. The number of hydrogen-bond acceptors (Lipinski definition) is 4. The van der Waals surface area contributed by atoms with Gasteiger partial charge >= 0.3 is 5.97 Å². The molecule has 0 bridgehead atoms. The van der Waals surface area contributed by atoms with Crippen LogP contribution in [0.5, 0.6) is 0 Å². The summed E-state index contributed by atoms with van der Waals surface area (Å²) in [7, 11) is 0. The second kappa shape index (κ2) is 7.15. The van der Waals surface area contributed by atoms with Gasteiger partial charge in [0.25, 0.3) is 0 Å². The number of carbonyl (C=O) groups excluding carboxylic acids is 2. The van der Waals surface area contributed by atoms with E-state index in [1.54, 1.807) is 16.7 Å². The van der Waals surface area contributed by atoms with Crippen LogP contribution < -0.4 is 5.32 Å². The average Bonchev–Trinajstić information content (AvgIpc) is 3.18. The standard InChI is InChI=1S/C14H22N2O4S/c1-21-8-6-10(14(19)20)15-12(17)11-3-2-7-16(11)13(18)9-4-5-9/h9-11H,2-8H2,1H3,(H,15,17)(H,19,20)/t10-,11?/m1/s1. The minimum absolute atomic E-state index is 0.0589. The molecule has 0 spiro atoms. The van der Waals surface area contributed by atoms with Crippen molar-refractivity contribution in [1.82, 2.24) is 10.2 Å². The number of carbonyl (C=O) groups is 3. The fraction of sp³-hybridized carbons (Fsp3) is 0.786. The Kier molecular flexibility index (Phi) is 5.50. The van der Waals surface area contributed by atoms with E-state index in [9.17, 15) is 14.4 Å². The Balaban J connectivity index is 1.93. The first-order valence-electron chi connectivity index (χ1n) is 7.37. The molecule has 2 rings (SSSR count). The summed E-state index contributed by atoms with van der Waals surface area (Å²) >= 11 is 1.55. The Bertz CT molecular complexity index is 425. The number of amides is 2. The molecule has 1 unspecified atom stereocenters. The Labute approximate surface area is 128 Å². The fourth-order valence-electron chi connectivity index (χ4n) is 2.63. The molecule has 1 aliphatic heterocycles. The van der Waals surface area contributed by atoms with Gasteiger partial charge in [-0.3, -0.25) is 9.59 Å². The van der Waals surface area contributed by atoms with E-state index in [1.165, 1.54) is 0 Å². The predicted octanol–water partition coefficient (Wildman–Crippen LogP) is 0.710. The zero-order chi connectivity index (χ0) is 15.4. The molecule has 0 aromatic carbocycles. The van der Waals surface area contributed by atoms with E-state index in [0.29, 0.717) is 25.1 Å². The van der Waals surface area contributed by atoms with Crippen LogP contribution >= 0.6 is 11.8 Å². The molecule has 0 aromatic heterocycles. The number of likely N-dealkylation sites (tertiary alicyclic amines) is 1. The van der Waals surface area contributed by atoms with E-state index in [-0.39, 0.29) is 17.7 Å². The third-order valence-electron chi connectivity index (χ3n) is 3.99. The van der Waals surface area contributed by atoms with Crippen LogP contribution in [0.4, 0.5) is 0 Å². The topological polar surface area (TPSA) is 86.7 Å². The van der Waals surface area contributed by atoms with Crippen molar-refractivity contribution in [2.24, 2.45) is 5.92 Å². The Morgan fingerprint density at radius 1 is 1.33 bits per heavy atom. The van der Waals surface area contributed by atoms with Crippen LogP contribution in [-0.2, 0) is 14.4 Å². The number of nitrogens with zero attached hydrogens (tertiary/aromatic N) is 1. The summed E-state index contributed by atoms with van der Waals surface area (Å²) in [4.78, 5) is 37.3. The molecule has 1 saturated carbocycles. The van der Waals surface area contributed by atoms with Crippen LogP contribution in [-0.4, -0.2) is 58.4 Å². The molecule has 118 valence electrons. The summed E-state index contributed by atoms with van der Waals surface area (Å²) in [6, 6.07) is -1.36. The van der Waals surface area contributed by atoms with Gasteiger partial charge in [-0.1, -0.05) is 0 Å². The van der Waals surface area contributed by atoms with Gasteiger partial charge in [-0.25, -0.2) is 4.79 Å². The molecule has 7 heteroatoms. The highest BCUT2D eigenvalue weighted by molar-refractivity contribution is 7.98. The summed E-state index contributed by atoms with van der Waals surface area (Å²) in [5.74, 6) is -0.522. The van der Waals surface area contributed by atoms with Gasteiger partial charge in [0.1, 0.15) is 12.1 Å². The molecule has 1 saturated heterocycles. The van der Waals surface area contributed by atoms with Crippen molar-refractivity contribution < 1.29 is 19.5 Å². The van der Waals surface area contributed by atoms with Gasteiger partial charge in [-0.2, -0.15) is 11.8 Å². The highest BCUT2D eigenvalue weighted by Gasteiger charge is 2.41. The molecule has 1 heterocycles. The monoisotopic (exact) mass is 314 g/mol. The molecular weight excluding hydrogens is 292 g/mol. The van der Waals surface area contributed by atoms with Gasteiger partial charge < -0.3 is 15.3 Å². The highest BCUT2D eigenvalue weighted by atomic mass is 32.2. The average molecular weight is 314 g/mol. The lowest BCUT2D eigenvalue weighted by Crippen LogP contribution is -2.51. The minimum atomic E-state index is -1.02. The van der Waals surface area contributed by atoms with Crippen molar-refractivity contribution in [3.8, 4) is 0 Å². The van der Waals surface area contributed by atoms with Gasteiger partial charge in [0.2, 0.25) is 11.8 Å². The summed E-state index contributed by atoms with van der Waals surface area (Å²) in [6.07, 6.45) is 5.54. The van der Waals surface area contributed by atoms with Gasteiger partial charge in [-0.05, 0) is 44.1 Å². The normalized spacial score (nSPS) is 22.9. The number of thioether (sulfide) groups is 1. The highest BCUT2D eigenvalue weighted by Crippen LogP contribution is 2.33. The maximum absolute atomic E-state index is 12.3. The second-order valence-corrected chi connectivity index (χ2v) is 6.63. The molecule has 2 amide bonds. The summed E-state index contributed by atoms with van der Waals surface area (Å²) < 4.78 is 0. The SMILES string of the molecule is CSCC[C@@H](NC(=O)C1CCCN1C(=O)C1CC1)C(=O)O. The summed E-state index contributed by atoms with van der Waals surface area (Å²) in [5, 5.41) is 11.8. The molecule has 2 fully saturated rings. The quantitative estimate of drug-likeness (QED) is 0.723. The number of carboxylic acid groups (broad SMARTS) is 1. The summed E-state index contributed by atoms with van der Waals surface area (Å²) in [6.45, 7) is 0.607. The number of rotatable bonds is 7. The van der Waals surface area contributed by atoms with Crippen LogP contribution in [0, 0.1) is 5.92 Å². The van der Waals surface area contributed by atoms with E-state index in [1.807, 2.05) is 6.26 Å². The molecule has 0 aromatic rings. The molecule has 0 radical (unpaired) electrons. The molecule has 6 nitrogen and oxygen atoms in total. The lowest BCUT2D eigenvalue weighted by atomic mass is 10.1. The van der Waals surface area contributed by atoms with Gasteiger partial charge in [0.15, 0.2) is 0 Å². The first kappa shape index (κ1) is 16.1. The van der Waals surface area contributed by atoms with Crippen LogP contribution in [0.25, 0.3) is 0 Å². The lowest BCUT2D eigenvalue weighted by Gasteiger charge is -2.25. The number of carboxylic acids is 1. The summed E-state index contributed by atoms with van der Waals surface area (Å²) in [5.41, 5.74) is 0. The Morgan fingerprint density at radius 3 is 2.62 bits per heavy atom. The zero-order valence-electron chi connectivity index (χ0n) is 12.2. The van der Waals surface area contributed by atoms with Gasteiger partial charge in [0.05, 0.1) is 0 Å². The number of nitrogens with one attached hydrogen (secondary N) is 1. The predicted molar refractivity (Wildman–Crippen MR) is 80.0 cm³/mol. The van der Waals surface area contributed by atoms with Crippen molar-refractivity contribution in [3.05, 3.63) is 0 Å². The van der Waals surface area contributed by atoms with Crippen LogP contribution in [0.2, 0.25) is 0 Å². The maximum Gasteiger partial charge on any atom is 0.326 e. The molecule has 21 heavy (non-hydrogen) atoms. The molecule has 1 aliphatic carbocycles. The van der Waals surface area contributed by atoms with Crippen LogP contribution in [0.3, 0.4) is 0 Å². The first-order valence-corrected chi connectivity index (χ1v) is 8.76. The fourth-order valence-corrected chi connectivity index (χ4v) is 3.10. The minimum Gasteiger partial charge on any atom is -0.480 e. The van der Waals surface area contributed by atoms with E-state index in [2.05, 4.69) is 5.32 Å². The number of aliphatic carboxylic acids is 1. The van der Waals surface area contributed by atoms with E-state index >= 15 is 0 Å².